The molecule has 1 heterocycles. The molecular formula is C9H4ClFO2S. The number of benzene rings is 1. The van der Waals surface area contributed by atoms with Crippen molar-refractivity contribution in [2.75, 3.05) is 0 Å². The predicted octanol–water partition coefficient (Wildman–Crippen LogP) is 3.39. The molecular weight excluding hydrogens is 227 g/mol. The van der Waals surface area contributed by atoms with E-state index in [-0.39, 0.29) is 15.7 Å². The number of hydrogen-bond acceptors (Lipinski definition) is 2. The zero-order valence-electron chi connectivity index (χ0n) is 6.75. The van der Waals surface area contributed by atoms with Gasteiger partial charge in [0.15, 0.2) is 5.13 Å². The zero-order chi connectivity index (χ0) is 10.3. The molecule has 0 aliphatic rings. The highest BCUT2D eigenvalue weighted by atomic mass is 35.5. The predicted molar refractivity (Wildman–Crippen MR) is 53.8 cm³/mol. The van der Waals surface area contributed by atoms with Crippen LogP contribution in [-0.2, 0) is 0 Å². The lowest BCUT2D eigenvalue weighted by atomic mass is 10.2. The minimum Gasteiger partial charge on any atom is -0.478 e. The molecule has 0 amide bonds. The largest absolute Gasteiger partial charge is 0.478 e. The fourth-order valence-corrected chi connectivity index (χ4v) is 2.31. The molecule has 0 radical (unpaired) electrons. The van der Waals surface area contributed by atoms with Gasteiger partial charge in [0.2, 0.25) is 0 Å². The molecule has 2 nitrogen and oxygen atoms in total. The van der Waals surface area contributed by atoms with Crippen LogP contribution in [0.4, 0.5) is 4.39 Å². The van der Waals surface area contributed by atoms with E-state index in [4.69, 9.17) is 16.7 Å². The molecule has 0 bridgehead atoms. The van der Waals surface area contributed by atoms with E-state index in [1.54, 1.807) is 0 Å². The molecule has 1 N–H and O–H groups in total. The molecule has 0 aliphatic heterocycles. The van der Waals surface area contributed by atoms with E-state index in [0.29, 0.717) is 10.1 Å². The van der Waals surface area contributed by atoms with Crippen molar-refractivity contribution < 1.29 is 14.3 Å². The third-order valence-corrected chi connectivity index (χ3v) is 3.01. The summed E-state index contributed by atoms with van der Waals surface area (Å²) in [5.74, 6) is -1.11. The Labute approximate surface area is 87.5 Å². The van der Waals surface area contributed by atoms with Crippen molar-refractivity contribution in [1.82, 2.24) is 0 Å². The summed E-state index contributed by atoms with van der Waals surface area (Å²) in [6.07, 6.45) is 0. The Bertz CT molecular complexity index is 521. The van der Waals surface area contributed by atoms with Gasteiger partial charge in [-0.3, -0.25) is 0 Å². The number of hydrogen-bond donors (Lipinski definition) is 1. The molecule has 1 aromatic carbocycles. The Kier molecular flexibility index (Phi) is 2.17. The van der Waals surface area contributed by atoms with Crippen molar-refractivity contribution in [3.05, 3.63) is 33.9 Å². The first-order chi connectivity index (χ1) is 6.58. The van der Waals surface area contributed by atoms with Gasteiger partial charge in [-0.2, -0.15) is 4.39 Å². The van der Waals surface area contributed by atoms with E-state index in [2.05, 4.69) is 0 Å². The van der Waals surface area contributed by atoms with Crippen LogP contribution in [-0.4, -0.2) is 11.1 Å². The van der Waals surface area contributed by atoms with Crippen LogP contribution >= 0.6 is 22.9 Å². The number of carbonyl (C=O) groups is 1. The minimum absolute atomic E-state index is 0.00281. The van der Waals surface area contributed by atoms with Gasteiger partial charge in [-0.25, -0.2) is 4.79 Å². The van der Waals surface area contributed by atoms with E-state index < -0.39 is 5.97 Å². The molecule has 14 heavy (non-hydrogen) atoms. The van der Waals surface area contributed by atoms with Crippen LogP contribution in [0, 0.1) is 5.13 Å². The van der Waals surface area contributed by atoms with Gasteiger partial charge in [-0.1, -0.05) is 11.6 Å². The highest BCUT2D eigenvalue weighted by Crippen LogP contribution is 2.29. The van der Waals surface area contributed by atoms with Gasteiger partial charge in [0, 0.05) is 4.70 Å². The number of halogens is 2. The van der Waals surface area contributed by atoms with E-state index in [9.17, 15) is 9.18 Å². The fourth-order valence-electron chi connectivity index (χ4n) is 1.19. The molecule has 0 fully saturated rings. The molecule has 1 aromatic heterocycles. The van der Waals surface area contributed by atoms with Crippen LogP contribution in [0.1, 0.15) is 10.4 Å². The van der Waals surface area contributed by atoms with Crippen molar-refractivity contribution in [1.29, 1.82) is 0 Å². The molecule has 0 saturated carbocycles. The molecule has 0 saturated heterocycles. The molecule has 0 spiro atoms. The molecule has 72 valence electrons. The maximum Gasteiger partial charge on any atom is 0.337 e. The monoisotopic (exact) mass is 230 g/mol. The summed E-state index contributed by atoms with van der Waals surface area (Å²) in [7, 11) is 0. The number of carboxylic acids is 1. The number of aromatic carboxylic acids is 1. The third-order valence-electron chi connectivity index (χ3n) is 1.81. The van der Waals surface area contributed by atoms with E-state index in [1.165, 1.54) is 18.2 Å². The second-order valence-corrected chi connectivity index (χ2v) is 4.17. The normalized spacial score (nSPS) is 10.7. The molecule has 0 aliphatic carbocycles. The van der Waals surface area contributed by atoms with Gasteiger partial charge in [0.1, 0.15) is 0 Å². The minimum atomic E-state index is -1.11. The molecule has 0 unspecified atom stereocenters. The van der Waals surface area contributed by atoms with E-state index in [0.717, 1.165) is 11.3 Å². The Morgan fingerprint density at radius 3 is 2.79 bits per heavy atom. The number of carboxylic acid groups (broad SMARTS) is 1. The average molecular weight is 231 g/mol. The van der Waals surface area contributed by atoms with Crippen molar-refractivity contribution >= 4 is 39.0 Å². The molecule has 2 aromatic rings. The molecule has 0 atom stereocenters. The summed E-state index contributed by atoms with van der Waals surface area (Å²) in [6, 6.07) is 4.14. The number of rotatable bonds is 1. The first-order valence-corrected chi connectivity index (χ1v) is 4.89. The van der Waals surface area contributed by atoms with Crippen LogP contribution in [0.5, 0.6) is 0 Å². The lowest BCUT2D eigenvalue weighted by Crippen LogP contribution is -1.96. The summed E-state index contributed by atoms with van der Waals surface area (Å²) in [5.41, 5.74) is -0.00281. The highest BCUT2D eigenvalue weighted by Gasteiger charge is 2.11. The Morgan fingerprint density at radius 2 is 2.14 bits per heavy atom. The smallest absolute Gasteiger partial charge is 0.337 e. The maximum absolute atomic E-state index is 12.8. The van der Waals surface area contributed by atoms with Crippen molar-refractivity contribution in [2.24, 2.45) is 0 Å². The van der Waals surface area contributed by atoms with Gasteiger partial charge in [0.25, 0.3) is 0 Å². The molecule has 5 heteroatoms. The Hall–Kier alpha value is -1.13. The summed E-state index contributed by atoms with van der Waals surface area (Å²) in [5, 5.41) is 9.10. The van der Waals surface area contributed by atoms with Gasteiger partial charge in [-0.05, 0) is 23.6 Å². The lowest BCUT2D eigenvalue weighted by Gasteiger charge is -1.97. The first-order valence-electron chi connectivity index (χ1n) is 3.70. The van der Waals surface area contributed by atoms with Gasteiger partial charge < -0.3 is 5.11 Å². The molecule has 2 rings (SSSR count). The standard InChI is InChI=1S/C9H4ClFO2S/c10-6-3-7-4(2-8(11)14-7)1-5(6)9(12)13/h1-3H,(H,12,13). The quantitative estimate of drug-likeness (QED) is 0.815. The van der Waals surface area contributed by atoms with Gasteiger partial charge in [0.05, 0.1) is 10.6 Å². The second-order valence-electron chi connectivity index (χ2n) is 2.73. The number of fused-ring (bicyclic) bond motifs is 1. The number of thiophene rings is 1. The fraction of sp³-hybridized carbons (Fsp3) is 0. The Balaban J connectivity index is 2.76. The third kappa shape index (κ3) is 1.47. The Morgan fingerprint density at radius 1 is 1.43 bits per heavy atom. The topological polar surface area (TPSA) is 37.3 Å². The van der Waals surface area contributed by atoms with Crippen molar-refractivity contribution in [2.45, 2.75) is 0 Å². The summed E-state index contributed by atoms with van der Waals surface area (Å²) >= 11 is 6.65. The second kappa shape index (κ2) is 3.22. The van der Waals surface area contributed by atoms with E-state index in [1.807, 2.05) is 0 Å². The van der Waals surface area contributed by atoms with E-state index >= 15 is 0 Å². The maximum atomic E-state index is 12.8. The van der Waals surface area contributed by atoms with Crippen LogP contribution in [0.2, 0.25) is 5.02 Å². The first kappa shape index (κ1) is 9.43. The van der Waals surface area contributed by atoms with Crippen LogP contribution < -0.4 is 0 Å². The summed E-state index contributed by atoms with van der Waals surface area (Å²) < 4.78 is 13.5. The lowest BCUT2D eigenvalue weighted by molar-refractivity contribution is 0.0697. The summed E-state index contributed by atoms with van der Waals surface area (Å²) in [6.45, 7) is 0. The van der Waals surface area contributed by atoms with Crippen LogP contribution in [0.3, 0.4) is 0 Å². The zero-order valence-corrected chi connectivity index (χ0v) is 8.32. The summed E-state index contributed by atoms with van der Waals surface area (Å²) in [4.78, 5) is 10.7. The SMILES string of the molecule is O=C(O)c1cc2cc(F)sc2cc1Cl. The van der Waals surface area contributed by atoms with Crippen LogP contribution in [0.15, 0.2) is 18.2 Å². The van der Waals surface area contributed by atoms with Crippen molar-refractivity contribution in [3.63, 3.8) is 0 Å². The van der Waals surface area contributed by atoms with Gasteiger partial charge in [-0.15, -0.1) is 11.3 Å². The van der Waals surface area contributed by atoms with Crippen LogP contribution in [0.25, 0.3) is 10.1 Å². The average Bonchev–Trinajstić information content (AvgIpc) is 2.42. The highest BCUT2D eigenvalue weighted by molar-refractivity contribution is 7.17. The van der Waals surface area contributed by atoms with Gasteiger partial charge >= 0.3 is 5.97 Å². The van der Waals surface area contributed by atoms with Crippen molar-refractivity contribution in [3.8, 4) is 0 Å².